The van der Waals surface area contributed by atoms with Crippen molar-refractivity contribution in [3.8, 4) is 0 Å². The lowest BCUT2D eigenvalue weighted by molar-refractivity contribution is 0.140. The summed E-state index contributed by atoms with van der Waals surface area (Å²) in [5.74, 6) is 0.298. The lowest BCUT2D eigenvalue weighted by atomic mass is 9.86. The Hall–Kier alpha value is -0.610. The number of rotatable bonds is 5. The van der Waals surface area contributed by atoms with Gasteiger partial charge in [0.2, 0.25) is 0 Å². The molecule has 0 spiro atoms. The highest BCUT2D eigenvalue weighted by molar-refractivity contribution is 5.82. The van der Waals surface area contributed by atoms with E-state index in [-0.39, 0.29) is 5.41 Å². The van der Waals surface area contributed by atoms with E-state index in [0.29, 0.717) is 5.84 Å². The topological polar surface area (TPSA) is 62.3 Å². The Morgan fingerprint density at radius 3 is 2.81 bits per heavy atom. The van der Waals surface area contributed by atoms with Crippen LogP contribution < -0.4 is 5.73 Å². The molecule has 0 aromatic rings. The Balaban J connectivity index is 2.21. The van der Waals surface area contributed by atoms with Crippen LogP contribution in [0, 0.1) is 10.8 Å². The number of nitrogens with zero attached hydrogens (tertiary/aromatic N) is 1. The molecule has 1 fully saturated rings. The van der Waals surface area contributed by atoms with Gasteiger partial charge in [-0.15, -0.1) is 0 Å². The molecular weight excluding hydrogens is 202 g/mol. The quantitative estimate of drug-likeness (QED) is 0.552. The summed E-state index contributed by atoms with van der Waals surface area (Å²) in [5, 5.41) is 7.50. The number of nitrogens with two attached hydrogens (primary N) is 1. The van der Waals surface area contributed by atoms with Gasteiger partial charge in [-0.2, -0.15) is 0 Å². The second-order valence-electron chi connectivity index (χ2n) is 5.21. The maximum absolute atomic E-state index is 7.50. The highest BCUT2D eigenvalue weighted by Crippen LogP contribution is 2.21. The zero-order valence-corrected chi connectivity index (χ0v) is 10.6. The molecule has 0 aliphatic carbocycles. The first-order valence-electron chi connectivity index (χ1n) is 6.17. The van der Waals surface area contributed by atoms with Gasteiger partial charge in [0, 0.05) is 25.1 Å². The first-order chi connectivity index (χ1) is 7.52. The molecule has 16 heavy (non-hydrogen) atoms. The molecule has 4 nitrogen and oxygen atoms in total. The summed E-state index contributed by atoms with van der Waals surface area (Å²) in [4.78, 5) is 2.45. The van der Waals surface area contributed by atoms with Crippen LogP contribution in [-0.2, 0) is 4.74 Å². The van der Waals surface area contributed by atoms with Crippen LogP contribution in [0.1, 0.15) is 33.1 Å². The average Bonchev–Trinajstić information content (AvgIpc) is 2.46. The van der Waals surface area contributed by atoms with Crippen LogP contribution in [0.15, 0.2) is 0 Å². The molecule has 4 heteroatoms. The summed E-state index contributed by atoms with van der Waals surface area (Å²) >= 11 is 0. The molecule has 0 aromatic heterocycles. The second kappa shape index (κ2) is 6.21. The van der Waals surface area contributed by atoms with Gasteiger partial charge in [-0.3, -0.25) is 5.41 Å². The number of hydrogen-bond acceptors (Lipinski definition) is 3. The van der Waals surface area contributed by atoms with Crippen molar-refractivity contribution in [2.75, 3.05) is 32.8 Å². The van der Waals surface area contributed by atoms with Gasteiger partial charge in [0.25, 0.3) is 0 Å². The molecule has 1 saturated heterocycles. The fraction of sp³-hybridized carbons (Fsp3) is 0.917. The first kappa shape index (κ1) is 13.5. The summed E-state index contributed by atoms with van der Waals surface area (Å²) in [6.45, 7) is 9.12. The lowest BCUT2D eigenvalue weighted by Crippen LogP contribution is -2.33. The molecule has 0 radical (unpaired) electrons. The van der Waals surface area contributed by atoms with E-state index in [2.05, 4.69) is 4.90 Å². The van der Waals surface area contributed by atoms with Crippen molar-refractivity contribution in [2.24, 2.45) is 11.1 Å². The molecule has 0 atom stereocenters. The van der Waals surface area contributed by atoms with Crippen LogP contribution >= 0.6 is 0 Å². The zero-order valence-electron chi connectivity index (χ0n) is 10.6. The third kappa shape index (κ3) is 4.49. The van der Waals surface area contributed by atoms with Gasteiger partial charge in [0.05, 0.1) is 12.4 Å². The van der Waals surface area contributed by atoms with Crippen molar-refractivity contribution in [2.45, 2.75) is 33.1 Å². The van der Waals surface area contributed by atoms with Gasteiger partial charge in [-0.05, 0) is 25.8 Å². The number of nitrogens with one attached hydrogen (secondary N) is 1. The van der Waals surface area contributed by atoms with E-state index in [1.54, 1.807) is 0 Å². The SMILES string of the molecule is CC(C)(CCCN1CCCOCC1)C(=N)N. The average molecular weight is 227 g/mol. The highest BCUT2D eigenvalue weighted by Gasteiger charge is 2.21. The van der Waals surface area contributed by atoms with E-state index in [1.807, 2.05) is 13.8 Å². The van der Waals surface area contributed by atoms with Crippen LogP contribution in [0.3, 0.4) is 0 Å². The third-order valence-corrected chi connectivity index (χ3v) is 3.32. The molecule has 1 aliphatic heterocycles. The van der Waals surface area contributed by atoms with Crippen LogP contribution in [0.5, 0.6) is 0 Å². The Kier molecular flexibility index (Phi) is 5.22. The monoisotopic (exact) mass is 227 g/mol. The zero-order chi connectivity index (χ0) is 12.0. The Morgan fingerprint density at radius 1 is 1.38 bits per heavy atom. The van der Waals surface area contributed by atoms with Crippen molar-refractivity contribution in [3.63, 3.8) is 0 Å². The molecule has 0 amide bonds. The predicted molar refractivity (Wildman–Crippen MR) is 66.8 cm³/mol. The largest absolute Gasteiger partial charge is 0.387 e. The van der Waals surface area contributed by atoms with Crippen molar-refractivity contribution in [1.29, 1.82) is 5.41 Å². The Morgan fingerprint density at radius 2 is 2.12 bits per heavy atom. The minimum Gasteiger partial charge on any atom is -0.387 e. The maximum Gasteiger partial charge on any atom is 0.0963 e. The van der Waals surface area contributed by atoms with E-state index in [9.17, 15) is 0 Å². The molecule has 1 aliphatic rings. The van der Waals surface area contributed by atoms with E-state index in [1.165, 1.54) is 0 Å². The fourth-order valence-corrected chi connectivity index (χ4v) is 1.90. The summed E-state index contributed by atoms with van der Waals surface area (Å²) in [7, 11) is 0. The van der Waals surface area contributed by atoms with Gasteiger partial charge in [0.15, 0.2) is 0 Å². The minimum absolute atomic E-state index is 0.150. The smallest absolute Gasteiger partial charge is 0.0963 e. The van der Waals surface area contributed by atoms with Crippen molar-refractivity contribution in [1.82, 2.24) is 4.90 Å². The summed E-state index contributed by atoms with van der Waals surface area (Å²) in [6, 6.07) is 0. The van der Waals surface area contributed by atoms with Crippen LogP contribution in [0.25, 0.3) is 0 Å². The van der Waals surface area contributed by atoms with Gasteiger partial charge >= 0.3 is 0 Å². The first-order valence-corrected chi connectivity index (χ1v) is 6.17. The van der Waals surface area contributed by atoms with Gasteiger partial charge in [-0.1, -0.05) is 13.8 Å². The molecule has 0 unspecified atom stereocenters. The molecule has 0 aromatic carbocycles. The summed E-state index contributed by atoms with van der Waals surface area (Å²) in [5.41, 5.74) is 5.41. The van der Waals surface area contributed by atoms with Crippen molar-refractivity contribution >= 4 is 5.84 Å². The molecule has 0 saturated carbocycles. The van der Waals surface area contributed by atoms with E-state index < -0.39 is 0 Å². The number of ether oxygens (including phenoxy) is 1. The van der Waals surface area contributed by atoms with Crippen LogP contribution in [0.4, 0.5) is 0 Å². The minimum atomic E-state index is -0.150. The maximum atomic E-state index is 7.50. The molecule has 0 bridgehead atoms. The highest BCUT2D eigenvalue weighted by atomic mass is 16.5. The van der Waals surface area contributed by atoms with Crippen molar-refractivity contribution in [3.05, 3.63) is 0 Å². The van der Waals surface area contributed by atoms with E-state index in [0.717, 1.165) is 52.1 Å². The predicted octanol–water partition coefficient (Wildman–Crippen LogP) is 1.45. The number of amidine groups is 1. The standard InChI is InChI=1S/C12H25N3O/c1-12(2,11(13)14)5-3-6-15-7-4-9-16-10-8-15/h3-10H2,1-2H3,(H3,13,14). The van der Waals surface area contributed by atoms with Gasteiger partial charge < -0.3 is 15.4 Å². The molecule has 1 rings (SSSR count). The van der Waals surface area contributed by atoms with Crippen LogP contribution in [0.2, 0.25) is 0 Å². The lowest BCUT2D eigenvalue weighted by Gasteiger charge is -2.25. The summed E-state index contributed by atoms with van der Waals surface area (Å²) in [6.07, 6.45) is 3.22. The Labute approximate surface area is 98.6 Å². The molecular formula is C12H25N3O. The molecule has 1 heterocycles. The summed E-state index contributed by atoms with van der Waals surface area (Å²) < 4.78 is 5.41. The van der Waals surface area contributed by atoms with Crippen molar-refractivity contribution < 1.29 is 4.74 Å². The van der Waals surface area contributed by atoms with Crippen LogP contribution in [-0.4, -0.2) is 43.6 Å². The number of hydrogen-bond donors (Lipinski definition) is 2. The molecule has 94 valence electrons. The Bertz CT molecular complexity index is 220. The fourth-order valence-electron chi connectivity index (χ4n) is 1.90. The normalized spacial score (nSPS) is 19.4. The third-order valence-electron chi connectivity index (χ3n) is 3.32. The second-order valence-corrected chi connectivity index (χ2v) is 5.21. The van der Waals surface area contributed by atoms with E-state index in [4.69, 9.17) is 15.9 Å². The molecule has 3 N–H and O–H groups in total. The van der Waals surface area contributed by atoms with Gasteiger partial charge in [-0.25, -0.2) is 0 Å². The van der Waals surface area contributed by atoms with E-state index >= 15 is 0 Å². The van der Waals surface area contributed by atoms with Gasteiger partial charge in [0.1, 0.15) is 0 Å².